The second-order valence-electron chi connectivity index (χ2n) is 6.42. The van der Waals surface area contributed by atoms with E-state index in [1.54, 1.807) is 22.7 Å². The van der Waals surface area contributed by atoms with Crippen molar-refractivity contribution >= 4 is 23.6 Å². The summed E-state index contributed by atoms with van der Waals surface area (Å²) in [7, 11) is 0. The number of amides is 1. The molecule has 4 rings (SSSR count). The van der Waals surface area contributed by atoms with Gasteiger partial charge in [-0.05, 0) is 16.7 Å². The molecule has 5 heteroatoms. The van der Waals surface area contributed by atoms with Crippen LogP contribution < -0.4 is 0 Å². The van der Waals surface area contributed by atoms with E-state index < -0.39 is 12.1 Å². The van der Waals surface area contributed by atoms with Crippen LogP contribution in [0.2, 0.25) is 0 Å². The lowest BCUT2D eigenvalue weighted by molar-refractivity contribution is -0.151. The van der Waals surface area contributed by atoms with Crippen LogP contribution in [0.15, 0.2) is 84.6 Å². The van der Waals surface area contributed by atoms with E-state index in [2.05, 4.69) is 6.58 Å². The van der Waals surface area contributed by atoms with E-state index in [-0.39, 0.29) is 11.3 Å². The van der Waals surface area contributed by atoms with E-state index in [0.717, 1.165) is 16.7 Å². The fraction of sp³-hybridized carbons (Fsp3) is 0.182. The number of carbonyl (C=O) groups is 2. The zero-order chi connectivity index (χ0) is 18.8. The normalized spacial score (nSPS) is 18.8. The molecular formula is C22H19NO3S. The predicted octanol–water partition coefficient (Wildman–Crippen LogP) is 4.06. The van der Waals surface area contributed by atoms with Crippen molar-refractivity contribution in [2.75, 3.05) is 5.75 Å². The molecule has 0 aromatic heterocycles. The summed E-state index contributed by atoms with van der Waals surface area (Å²) in [6.07, 6.45) is 1.57. The molecule has 2 aromatic rings. The van der Waals surface area contributed by atoms with E-state index in [1.807, 2.05) is 60.7 Å². The monoisotopic (exact) mass is 377 g/mol. The van der Waals surface area contributed by atoms with Crippen molar-refractivity contribution in [2.24, 2.45) is 0 Å². The van der Waals surface area contributed by atoms with Crippen molar-refractivity contribution in [1.82, 2.24) is 4.90 Å². The Morgan fingerprint density at radius 1 is 1.11 bits per heavy atom. The van der Waals surface area contributed by atoms with Gasteiger partial charge in [0.25, 0.3) is 0 Å². The van der Waals surface area contributed by atoms with Crippen LogP contribution in [0, 0.1) is 0 Å². The second-order valence-corrected chi connectivity index (χ2v) is 7.58. The van der Waals surface area contributed by atoms with Gasteiger partial charge in [-0.3, -0.25) is 9.69 Å². The summed E-state index contributed by atoms with van der Waals surface area (Å²) in [6.45, 7) is 3.80. The molecule has 27 heavy (non-hydrogen) atoms. The first-order valence-corrected chi connectivity index (χ1v) is 9.84. The van der Waals surface area contributed by atoms with Crippen LogP contribution >= 0.6 is 11.8 Å². The Morgan fingerprint density at radius 2 is 1.70 bits per heavy atom. The highest BCUT2D eigenvalue weighted by atomic mass is 32.2. The van der Waals surface area contributed by atoms with Crippen LogP contribution in [-0.4, -0.2) is 27.9 Å². The minimum absolute atomic E-state index is 0.0238. The molecule has 0 bridgehead atoms. The number of fused-ring (bicyclic) bond motifs is 1. The van der Waals surface area contributed by atoms with Gasteiger partial charge >= 0.3 is 5.97 Å². The number of carbonyl (C=O) groups excluding carboxylic acids is 2. The van der Waals surface area contributed by atoms with Crippen molar-refractivity contribution in [2.45, 2.75) is 17.9 Å². The fourth-order valence-electron chi connectivity index (χ4n) is 3.33. The van der Waals surface area contributed by atoms with E-state index in [1.165, 1.54) is 0 Å². The molecule has 0 saturated carbocycles. The number of rotatable bonds is 5. The van der Waals surface area contributed by atoms with Crippen molar-refractivity contribution in [3.8, 4) is 0 Å². The predicted molar refractivity (Wildman–Crippen MR) is 106 cm³/mol. The lowest BCUT2D eigenvalue weighted by Gasteiger charge is -2.44. The summed E-state index contributed by atoms with van der Waals surface area (Å²) in [5, 5.41) is 0.0238. The van der Waals surface area contributed by atoms with E-state index in [4.69, 9.17) is 4.74 Å². The van der Waals surface area contributed by atoms with Gasteiger partial charge in [-0.1, -0.05) is 73.3 Å². The third kappa shape index (κ3) is 3.30. The summed E-state index contributed by atoms with van der Waals surface area (Å²) < 4.78 is 5.95. The lowest BCUT2D eigenvalue weighted by atomic mass is 10.0. The minimum Gasteiger partial charge on any atom is -0.448 e. The summed E-state index contributed by atoms with van der Waals surface area (Å²) in [5.74, 6) is 0.124. The number of ether oxygens (including phenoxy) is 1. The van der Waals surface area contributed by atoms with E-state index >= 15 is 0 Å². The third-order valence-corrected chi connectivity index (χ3v) is 5.99. The smallest absolute Gasteiger partial charge is 0.356 e. The molecule has 136 valence electrons. The SMILES string of the molecule is C=CC1=C(C(=O)OC(c2ccccc2)c2ccccc2)N2C(=O)CC2SC1. The molecule has 1 fully saturated rings. The summed E-state index contributed by atoms with van der Waals surface area (Å²) >= 11 is 1.65. The second kappa shape index (κ2) is 7.45. The first-order valence-electron chi connectivity index (χ1n) is 8.79. The molecule has 2 aliphatic rings. The fourth-order valence-corrected chi connectivity index (χ4v) is 4.59. The Labute approximate surface area is 162 Å². The zero-order valence-electron chi connectivity index (χ0n) is 14.7. The van der Waals surface area contributed by atoms with Gasteiger partial charge in [0.2, 0.25) is 5.91 Å². The van der Waals surface area contributed by atoms with Crippen LogP contribution in [0.5, 0.6) is 0 Å². The van der Waals surface area contributed by atoms with Crippen molar-refractivity contribution < 1.29 is 14.3 Å². The Kier molecular flexibility index (Phi) is 4.86. The van der Waals surface area contributed by atoms with E-state index in [0.29, 0.717) is 17.9 Å². The summed E-state index contributed by atoms with van der Waals surface area (Å²) in [4.78, 5) is 26.8. The number of allylic oxidation sites excluding steroid dienone is 1. The number of nitrogens with zero attached hydrogens (tertiary/aromatic N) is 1. The first kappa shape index (κ1) is 17.6. The van der Waals surface area contributed by atoms with Crippen LogP contribution in [0.4, 0.5) is 0 Å². The Balaban J connectivity index is 1.68. The average Bonchev–Trinajstić information content (AvgIpc) is 2.71. The van der Waals surface area contributed by atoms with Gasteiger partial charge < -0.3 is 4.74 Å². The molecule has 0 radical (unpaired) electrons. The maximum atomic E-state index is 13.1. The van der Waals surface area contributed by atoms with E-state index in [9.17, 15) is 9.59 Å². The van der Waals surface area contributed by atoms with Gasteiger partial charge in [-0.2, -0.15) is 0 Å². The van der Waals surface area contributed by atoms with Crippen molar-refractivity contribution in [1.29, 1.82) is 0 Å². The molecule has 2 heterocycles. The van der Waals surface area contributed by atoms with Gasteiger partial charge in [0.15, 0.2) is 6.10 Å². The highest BCUT2D eigenvalue weighted by molar-refractivity contribution is 8.00. The van der Waals surface area contributed by atoms with Crippen LogP contribution in [-0.2, 0) is 14.3 Å². The molecule has 2 aromatic carbocycles. The minimum atomic E-state index is -0.539. The Morgan fingerprint density at radius 3 is 2.22 bits per heavy atom. The highest BCUT2D eigenvalue weighted by Crippen LogP contribution is 2.41. The molecule has 2 aliphatic heterocycles. The molecule has 1 amide bonds. The molecule has 0 aliphatic carbocycles. The topological polar surface area (TPSA) is 46.6 Å². The molecular weight excluding hydrogens is 358 g/mol. The Hall–Kier alpha value is -2.79. The number of hydrogen-bond acceptors (Lipinski definition) is 4. The molecule has 1 unspecified atom stereocenters. The Bertz CT molecular complexity index is 868. The number of benzene rings is 2. The van der Waals surface area contributed by atoms with Crippen LogP contribution in [0.25, 0.3) is 0 Å². The van der Waals surface area contributed by atoms with Gasteiger partial charge in [0, 0.05) is 5.75 Å². The standard InChI is InChI=1S/C22H19NO3S/c1-2-15-14-27-19-13-18(24)23(19)20(15)22(25)26-21(16-9-5-3-6-10-16)17-11-7-4-8-12-17/h2-12,19,21H,1,13-14H2. The van der Waals surface area contributed by atoms with Crippen LogP contribution in [0.3, 0.4) is 0 Å². The van der Waals surface area contributed by atoms with Gasteiger partial charge in [0.05, 0.1) is 11.8 Å². The molecule has 1 saturated heterocycles. The van der Waals surface area contributed by atoms with Gasteiger partial charge in [0.1, 0.15) is 5.70 Å². The lowest BCUT2D eigenvalue weighted by Crippen LogP contribution is -2.54. The molecule has 0 spiro atoms. The largest absolute Gasteiger partial charge is 0.448 e. The van der Waals surface area contributed by atoms with Gasteiger partial charge in [-0.25, -0.2) is 4.79 Å². The highest BCUT2D eigenvalue weighted by Gasteiger charge is 2.45. The molecule has 1 atom stereocenters. The van der Waals surface area contributed by atoms with Crippen molar-refractivity contribution in [3.05, 3.63) is 95.7 Å². The first-order chi connectivity index (χ1) is 13.2. The number of esters is 1. The number of thioether (sulfide) groups is 1. The van der Waals surface area contributed by atoms with Crippen molar-refractivity contribution in [3.63, 3.8) is 0 Å². The molecule has 0 N–H and O–H groups in total. The van der Waals surface area contributed by atoms with Crippen LogP contribution in [0.1, 0.15) is 23.7 Å². The average molecular weight is 377 g/mol. The third-order valence-electron chi connectivity index (χ3n) is 4.75. The number of hydrogen-bond donors (Lipinski definition) is 0. The summed E-state index contributed by atoms with van der Waals surface area (Å²) in [5.41, 5.74) is 2.85. The zero-order valence-corrected chi connectivity index (χ0v) is 15.5. The quantitative estimate of drug-likeness (QED) is 0.582. The maximum Gasteiger partial charge on any atom is 0.356 e. The summed E-state index contributed by atoms with van der Waals surface area (Å²) in [6, 6.07) is 19.2. The molecule has 4 nitrogen and oxygen atoms in total. The van der Waals surface area contributed by atoms with Gasteiger partial charge in [-0.15, -0.1) is 11.8 Å². The number of β-lactam (4-membered cyclic amide) rings is 1. The maximum absolute atomic E-state index is 13.1.